The van der Waals surface area contributed by atoms with Gasteiger partial charge in [-0.2, -0.15) is 10.4 Å². The summed E-state index contributed by atoms with van der Waals surface area (Å²) in [6, 6.07) is 18.6. The van der Waals surface area contributed by atoms with E-state index in [1.807, 2.05) is 36.4 Å². The molecule has 0 bridgehead atoms. The predicted molar refractivity (Wildman–Crippen MR) is 97.5 cm³/mol. The molecule has 1 aromatic heterocycles. The molecule has 6 nitrogen and oxygen atoms in total. The van der Waals surface area contributed by atoms with Gasteiger partial charge in [0.15, 0.2) is 0 Å². The lowest BCUT2D eigenvalue weighted by Crippen LogP contribution is -2.30. The van der Waals surface area contributed by atoms with Gasteiger partial charge in [-0.05, 0) is 29.3 Å². The first-order valence-electron chi connectivity index (χ1n) is 8.11. The lowest BCUT2D eigenvalue weighted by Gasteiger charge is -2.18. The fourth-order valence-electron chi connectivity index (χ4n) is 2.54. The van der Waals surface area contributed by atoms with Crippen molar-refractivity contribution in [2.24, 2.45) is 0 Å². The summed E-state index contributed by atoms with van der Waals surface area (Å²) in [7, 11) is 0. The number of hydrogen-bond acceptors (Lipinski definition) is 4. The number of nitriles is 1. The van der Waals surface area contributed by atoms with Gasteiger partial charge in [0.05, 0.1) is 24.2 Å². The Morgan fingerprint density at radius 2 is 2.08 bits per heavy atom. The van der Waals surface area contributed by atoms with Crippen molar-refractivity contribution in [1.29, 1.82) is 5.26 Å². The molecule has 0 saturated carbocycles. The van der Waals surface area contributed by atoms with Crippen molar-refractivity contribution in [2.45, 2.75) is 12.6 Å². The third-order valence-corrected chi connectivity index (χ3v) is 3.80. The second-order valence-electron chi connectivity index (χ2n) is 5.66. The Balaban J connectivity index is 1.72. The van der Waals surface area contributed by atoms with Crippen molar-refractivity contribution in [3.8, 4) is 6.07 Å². The molecular formula is C20H17N5O. The maximum absolute atomic E-state index is 12.4. The molecule has 2 aromatic carbocycles. The predicted octanol–water partition coefficient (Wildman–Crippen LogP) is 2.72. The quantitative estimate of drug-likeness (QED) is 0.698. The summed E-state index contributed by atoms with van der Waals surface area (Å²) in [5, 5.41) is 16.0. The van der Waals surface area contributed by atoms with Gasteiger partial charge in [0.1, 0.15) is 12.7 Å². The number of hydrogen-bond donors (Lipinski definition) is 1. The second-order valence-corrected chi connectivity index (χ2v) is 5.66. The summed E-state index contributed by atoms with van der Waals surface area (Å²) >= 11 is 0. The number of carbonyl (C=O) groups is 1. The zero-order chi connectivity index (χ0) is 18.2. The SMILES string of the molecule is N#Cc1cccc(C=CC(=O)NC(Cn2cncn2)c2ccccc2)c1. The standard InChI is InChI=1S/C20H17N5O/c21-12-17-6-4-5-16(11-17)9-10-20(26)24-19(13-25-15-22-14-23-25)18-7-2-1-3-8-18/h1-11,14-15,19H,13H2,(H,24,26). The molecule has 3 rings (SSSR count). The highest BCUT2D eigenvalue weighted by Crippen LogP contribution is 2.15. The van der Waals surface area contributed by atoms with Gasteiger partial charge in [-0.3, -0.25) is 9.48 Å². The fourth-order valence-corrected chi connectivity index (χ4v) is 2.54. The Bertz CT molecular complexity index is 926. The average molecular weight is 343 g/mol. The summed E-state index contributed by atoms with van der Waals surface area (Å²) in [5.74, 6) is -0.221. The molecule has 0 fully saturated rings. The van der Waals surface area contributed by atoms with Crippen LogP contribution in [0.1, 0.15) is 22.7 Å². The summed E-state index contributed by atoms with van der Waals surface area (Å²) in [6.07, 6.45) is 6.23. The molecule has 1 heterocycles. The van der Waals surface area contributed by atoms with Gasteiger partial charge < -0.3 is 5.32 Å². The van der Waals surface area contributed by atoms with Crippen LogP contribution in [0.4, 0.5) is 0 Å². The van der Waals surface area contributed by atoms with E-state index in [4.69, 9.17) is 5.26 Å². The molecule has 26 heavy (non-hydrogen) atoms. The van der Waals surface area contributed by atoms with Crippen LogP contribution in [0.3, 0.4) is 0 Å². The van der Waals surface area contributed by atoms with Crippen molar-refractivity contribution >= 4 is 12.0 Å². The maximum Gasteiger partial charge on any atom is 0.244 e. The Kier molecular flexibility index (Phi) is 5.53. The first kappa shape index (κ1) is 17.1. The fraction of sp³-hybridized carbons (Fsp3) is 0.100. The van der Waals surface area contributed by atoms with Gasteiger partial charge in [-0.1, -0.05) is 42.5 Å². The van der Waals surface area contributed by atoms with E-state index in [0.29, 0.717) is 12.1 Å². The summed E-state index contributed by atoms with van der Waals surface area (Å²) in [4.78, 5) is 16.3. The van der Waals surface area contributed by atoms with Gasteiger partial charge in [0.25, 0.3) is 0 Å². The monoisotopic (exact) mass is 343 g/mol. The maximum atomic E-state index is 12.4. The van der Waals surface area contributed by atoms with Crippen LogP contribution in [0.15, 0.2) is 73.3 Å². The molecule has 0 aliphatic heterocycles. The molecule has 1 unspecified atom stereocenters. The molecular weight excluding hydrogens is 326 g/mol. The van der Waals surface area contributed by atoms with E-state index in [-0.39, 0.29) is 11.9 Å². The van der Waals surface area contributed by atoms with Crippen LogP contribution in [0.25, 0.3) is 6.08 Å². The van der Waals surface area contributed by atoms with Crippen LogP contribution >= 0.6 is 0 Å². The van der Waals surface area contributed by atoms with E-state index in [9.17, 15) is 4.79 Å². The largest absolute Gasteiger partial charge is 0.344 e. The summed E-state index contributed by atoms with van der Waals surface area (Å²) in [6.45, 7) is 0.480. The van der Waals surface area contributed by atoms with E-state index in [1.165, 1.54) is 12.4 Å². The van der Waals surface area contributed by atoms with E-state index in [0.717, 1.165) is 11.1 Å². The number of carbonyl (C=O) groups excluding carboxylic acids is 1. The minimum atomic E-state index is -0.236. The zero-order valence-corrected chi connectivity index (χ0v) is 14.0. The highest BCUT2D eigenvalue weighted by Gasteiger charge is 2.14. The normalized spacial score (nSPS) is 11.8. The third kappa shape index (κ3) is 4.65. The van der Waals surface area contributed by atoms with E-state index in [2.05, 4.69) is 21.5 Å². The van der Waals surface area contributed by atoms with Crippen molar-refractivity contribution < 1.29 is 4.79 Å². The number of benzene rings is 2. The van der Waals surface area contributed by atoms with E-state index in [1.54, 1.807) is 35.3 Å². The minimum Gasteiger partial charge on any atom is -0.344 e. The number of nitrogens with zero attached hydrogens (tertiary/aromatic N) is 4. The summed E-state index contributed by atoms with van der Waals surface area (Å²) in [5.41, 5.74) is 2.34. The third-order valence-electron chi connectivity index (χ3n) is 3.80. The Morgan fingerprint density at radius 1 is 1.23 bits per heavy atom. The van der Waals surface area contributed by atoms with Crippen LogP contribution in [-0.4, -0.2) is 20.7 Å². The van der Waals surface area contributed by atoms with Gasteiger partial charge in [-0.25, -0.2) is 4.98 Å². The van der Waals surface area contributed by atoms with Crippen molar-refractivity contribution in [3.63, 3.8) is 0 Å². The van der Waals surface area contributed by atoms with Crippen molar-refractivity contribution in [3.05, 3.63) is 90.0 Å². The van der Waals surface area contributed by atoms with Gasteiger partial charge in [0, 0.05) is 6.08 Å². The second kappa shape index (κ2) is 8.40. The lowest BCUT2D eigenvalue weighted by molar-refractivity contribution is -0.117. The molecule has 1 atom stereocenters. The first-order chi connectivity index (χ1) is 12.7. The molecule has 6 heteroatoms. The smallest absolute Gasteiger partial charge is 0.244 e. The highest BCUT2D eigenvalue weighted by atomic mass is 16.1. The van der Waals surface area contributed by atoms with Crippen molar-refractivity contribution in [1.82, 2.24) is 20.1 Å². The molecule has 0 spiro atoms. The van der Waals surface area contributed by atoms with Crippen molar-refractivity contribution in [2.75, 3.05) is 0 Å². The highest BCUT2D eigenvalue weighted by molar-refractivity contribution is 5.92. The van der Waals surface area contributed by atoms with Gasteiger partial charge >= 0.3 is 0 Å². The minimum absolute atomic E-state index is 0.221. The van der Waals surface area contributed by atoms with Crippen LogP contribution < -0.4 is 5.32 Å². The number of aromatic nitrogens is 3. The van der Waals surface area contributed by atoms with Crippen LogP contribution in [0.2, 0.25) is 0 Å². The van der Waals surface area contributed by atoms with Gasteiger partial charge in [-0.15, -0.1) is 0 Å². The molecule has 3 aromatic rings. The molecule has 0 radical (unpaired) electrons. The van der Waals surface area contributed by atoms with Crippen LogP contribution in [0, 0.1) is 11.3 Å². The van der Waals surface area contributed by atoms with E-state index < -0.39 is 0 Å². The summed E-state index contributed by atoms with van der Waals surface area (Å²) < 4.78 is 1.68. The average Bonchev–Trinajstić information content (AvgIpc) is 3.20. The number of nitrogens with one attached hydrogen (secondary N) is 1. The molecule has 1 amide bonds. The molecule has 0 aliphatic rings. The molecule has 1 N–H and O–H groups in total. The number of rotatable bonds is 6. The lowest BCUT2D eigenvalue weighted by atomic mass is 10.1. The first-order valence-corrected chi connectivity index (χ1v) is 8.11. The van der Waals surface area contributed by atoms with Crippen LogP contribution in [0.5, 0.6) is 0 Å². The molecule has 128 valence electrons. The van der Waals surface area contributed by atoms with E-state index >= 15 is 0 Å². The Labute approximate surface area is 151 Å². The number of amides is 1. The Hall–Kier alpha value is -3.72. The molecule has 0 saturated heterocycles. The van der Waals surface area contributed by atoms with Crippen LogP contribution in [-0.2, 0) is 11.3 Å². The topological polar surface area (TPSA) is 83.6 Å². The Morgan fingerprint density at radius 3 is 2.81 bits per heavy atom. The molecule has 0 aliphatic carbocycles. The van der Waals surface area contributed by atoms with Gasteiger partial charge in [0.2, 0.25) is 5.91 Å². The zero-order valence-electron chi connectivity index (χ0n) is 14.0.